The lowest BCUT2D eigenvalue weighted by molar-refractivity contribution is -0.385. The zero-order valence-electron chi connectivity index (χ0n) is 11.0. The molecular formula is C11H15ClN4O3. The lowest BCUT2D eigenvalue weighted by Crippen LogP contribution is -2.33. The number of rotatable bonds is 5. The van der Waals surface area contributed by atoms with Crippen LogP contribution < -0.4 is 0 Å². The first kappa shape index (κ1) is 15.3. The maximum absolute atomic E-state index is 12.2. The third kappa shape index (κ3) is 3.87. The molecule has 1 aromatic heterocycles. The molecule has 0 aromatic carbocycles. The first-order valence-corrected chi connectivity index (χ1v) is 5.91. The van der Waals surface area contributed by atoms with Crippen LogP contribution in [0.25, 0.3) is 0 Å². The fraction of sp³-hybridized carbons (Fsp3) is 0.455. The van der Waals surface area contributed by atoms with Crippen molar-refractivity contribution in [2.45, 2.75) is 0 Å². The second kappa shape index (κ2) is 6.44. The van der Waals surface area contributed by atoms with Crippen LogP contribution in [0.4, 0.5) is 5.69 Å². The van der Waals surface area contributed by atoms with Crippen LogP contribution in [0.5, 0.6) is 0 Å². The van der Waals surface area contributed by atoms with Crippen LogP contribution in [-0.2, 0) is 0 Å². The molecule has 0 unspecified atom stereocenters. The predicted octanol–water partition coefficient (Wildman–Crippen LogP) is 1.28. The summed E-state index contributed by atoms with van der Waals surface area (Å²) >= 11 is 5.67. The summed E-state index contributed by atoms with van der Waals surface area (Å²) in [6.45, 7) is 1.12. The highest BCUT2D eigenvalue weighted by Crippen LogP contribution is 2.26. The van der Waals surface area contributed by atoms with Crippen molar-refractivity contribution >= 4 is 23.2 Å². The van der Waals surface area contributed by atoms with E-state index in [2.05, 4.69) is 4.98 Å². The first-order chi connectivity index (χ1) is 8.84. The Bertz CT molecular complexity index is 493. The zero-order chi connectivity index (χ0) is 14.6. The number of carbonyl (C=O) groups excluding carboxylic acids is 1. The van der Waals surface area contributed by atoms with E-state index in [0.29, 0.717) is 13.1 Å². The second-order valence-corrected chi connectivity index (χ2v) is 4.64. The number of likely N-dealkylation sites (N-methyl/N-ethyl adjacent to an activating group) is 2. The molecule has 0 saturated heterocycles. The Morgan fingerprint density at radius 3 is 2.58 bits per heavy atom. The standard InChI is InChI=1S/C11H15ClN4O3/c1-14(2)6-7-15(3)11(17)8-4-5-13-10(12)9(8)16(18)19/h4-5H,6-7H2,1-3H3. The second-order valence-electron chi connectivity index (χ2n) is 4.29. The summed E-state index contributed by atoms with van der Waals surface area (Å²) in [5.41, 5.74) is -0.503. The summed E-state index contributed by atoms with van der Waals surface area (Å²) in [5, 5.41) is 10.7. The molecule has 0 fully saturated rings. The van der Waals surface area contributed by atoms with Crippen LogP contribution >= 0.6 is 11.6 Å². The number of hydrogen-bond acceptors (Lipinski definition) is 5. The minimum absolute atomic E-state index is 0.0498. The van der Waals surface area contributed by atoms with Gasteiger partial charge in [-0.05, 0) is 20.2 Å². The SMILES string of the molecule is CN(C)CCN(C)C(=O)c1ccnc(Cl)c1[N+](=O)[O-]. The Hall–Kier alpha value is -1.73. The topological polar surface area (TPSA) is 79.6 Å². The summed E-state index contributed by atoms with van der Waals surface area (Å²) in [6.07, 6.45) is 1.28. The third-order valence-corrected chi connectivity index (χ3v) is 2.80. The monoisotopic (exact) mass is 286 g/mol. The molecule has 0 atom stereocenters. The van der Waals surface area contributed by atoms with Crippen molar-refractivity contribution in [1.29, 1.82) is 0 Å². The van der Waals surface area contributed by atoms with Crippen LogP contribution in [0.15, 0.2) is 12.3 Å². The van der Waals surface area contributed by atoms with Crippen LogP contribution in [0.2, 0.25) is 5.15 Å². The van der Waals surface area contributed by atoms with E-state index in [1.54, 1.807) is 7.05 Å². The summed E-state index contributed by atoms with van der Waals surface area (Å²) in [6, 6.07) is 1.30. The quantitative estimate of drug-likeness (QED) is 0.463. The number of nitrogens with zero attached hydrogens (tertiary/aromatic N) is 4. The van der Waals surface area contributed by atoms with Crippen molar-refractivity contribution in [3.63, 3.8) is 0 Å². The summed E-state index contributed by atoms with van der Waals surface area (Å²) in [7, 11) is 5.35. The van der Waals surface area contributed by atoms with Crippen molar-refractivity contribution in [3.8, 4) is 0 Å². The van der Waals surface area contributed by atoms with Crippen molar-refractivity contribution in [2.75, 3.05) is 34.2 Å². The summed E-state index contributed by atoms with van der Waals surface area (Å²) < 4.78 is 0. The lowest BCUT2D eigenvalue weighted by atomic mass is 10.2. The van der Waals surface area contributed by atoms with Crippen LogP contribution in [0, 0.1) is 10.1 Å². The minimum atomic E-state index is -0.692. The number of aromatic nitrogens is 1. The van der Waals surface area contributed by atoms with Crippen molar-refractivity contribution in [1.82, 2.24) is 14.8 Å². The summed E-state index contributed by atoms with van der Waals surface area (Å²) in [5.74, 6) is -0.446. The Morgan fingerprint density at radius 2 is 2.05 bits per heavy atom. The molecule has 0 radical (unpaired) electrons. The van der Waals surface area contributed by atoms with Gasteiger partial charge in [-0.15, -0.1) is 0 Å². The molecule has 0 saturated carbocycles. The molecule has 0 aliphatic carbocycles. The predicted molar refractivity (Wildman–Crippen MR) is 71.4 cm³/mol. The van der Waals surface area contributed by atoms with E-state index in [9.17, 15) is 14.9 Å². The normalized spacial score (nSPS) is 10.6. The van der Waals surface area contributed by atoms with Gasteiger partial charge in [0.05, 0.1) is 4.92 Å². The Morgan fingerprint density at radius 1 is 1.42 bits per heavy atom. The fourth-order valence-corrected chi connectivity index (χ4v) is 1.66. The van der Waals surface area contributed by atoms with E-state index in [4.69, 9.17) is 11.6 Å². The molecule has 0 N–H and O–H groups in total. The fourth-order valence-electron chi connectivity index (χ4n) is 1.43. The smallest absolute Gasteiger partial charge is 0.319 e. The number of halogens is 1. The van der Waals surface area contributed by atoms with E-state index in [0.717, 1.165) is 0 Å². The van der Waals surface area contributed by atoms with Gasteiger partial charge in [-0.3, -0.25) is 14.9 Å². The number of pyridine rings is 1. The van der Waals surface area contributed by atoms with Crippen molar-refractivity contribution in [3.05, 3.63) is 33.1 Å². The van der Waals surface area contributed by atoms with Gasteiger partial charge in [0.25, 0.3) is 5.91 Å². The molecule has 1 aromatic rings. The minimum Gasteiger partial charge on any atom is -0.340 e. The highest BCUT2D eigenvalue weighted by Gasteiger charge is 2.26. The van der Waals surface area contributed by atoms with Crippen molar-refractivity contribution < 1.29 is 9.72 Å². The average molecular weight is 287 g/mol. The van der Waals surface area contributed by atoms with Gasteiger partial charge in [0.15, 0.2) is 0 Å². The molecular weight excluding hydrogens is 272 g/mol. The summed E-state index contributed by atoms with van der Waals surface area (Å²) in [4.78, 5) is 29.3. The molecule has 1 rings (SSSR count). The van der Waals surface area contributed by atoms with E-state index in [1.165, 1.54) is 17.2 Å². The molecule has 0 spiro atoms. The molecule has 1 amide bonds. The molecule has 0 bridgehead atoms. The molecule has 7 nitrogen and oxygen atoms in total. The van der Waals surface area contributed by atoms with Crippen LogP contribution in [0.1, 0.15) is 10.4 Å². The number of nitro groups is 1. The molecule has 104 valence electrons. The van der Waals surface area contributed by atoms with Gasteiger partial charge >= 0.3 is 5.69 Å². The first-order valence-electron chi connectivity index (χ1n) is 5.53. The maximum Gasteiger partial charge on any atom is 0.319 e. The zero-order valence-corrected chi connectivity index (χ0v) is 11.7. The average Bonchev–Trinajstić information content (AvgIpc) is 2.34. The molecule has 0 aliphatic rings. The van der Waals surface area contributed by atoms with Gasteiger partial charge in [0.1, 0.15) is 5.56 Å². The van der Waals surface area contributed by atoms with E-state index in [1.807, 2.05) is 19.0 Å². The Kier molecular flexibility index (Phi) is 5.20. The van der Waals surface area contributed by atoms with E-state index < -0.39 is 16.5 Å². The highest BCUT2D eigenvalue weighted by molar-refractivity contribution is 6.32. The Labute approximate surface area is 115 Å². The molecule has 1 heterocycles. The molecule has 0 aliphatic heterocycles. The van der Waals surface area contributed by atoms with Gasteiger partial charge in [-0.25, -0.2) is 4.98 Å². The van der Waals surface area contributed by atoms with Gasteiger partial charge in [0, 0.05) is 26.3 Å². The van der Waals surface area contributed by atoms with Gasteiger partial charge in [-0.2, -0.15) is 0 Å². The molecule has 8 heteroatoms. The van der Waals surface area contributed by atoms with E-state index in [-0.39, 0.29) is 10.7 Å². The third-order valence-electron chi connectivity index (χ3n) is 2.52. The largest absolute Gasteiger partial charge is 0.340 e. The van der Waals surface area contributed by atoms with Crippen molar-refractivity contribution in [2.24, 2.45) is 0 Å². The van der Waals surface area contributed by atoms with Crippen LogP contribution in [-0.4, -0.2) is 59.8 Å². The highest BCUT2D eigenvalue weighted by atomic mass is 35.5. The number of hydrogen-bond donors (Lipinski definition) is 0. The van der Waals surface area contributed by atoms with E-state index >= 15 is 0 Å². The van der Waals surface area contributed by atoms with Gasteiger partial charge < -0.3 is 9.80 Å². The number of amides is 1. The van der Waals surface area contributed by atoms with Crippen LogP contribution in [0.3, 0.4) is 0 Å². The van der Waals surface area contributed by atoms with Gasteiger partial charge in [0.2, 0.25) is 5.15 Å². The van der Waals surface area contributed by atoms with Gasteiger partial charge in [-0.1, -0.05) is 11.6 Å². The molecule has 19 heavy (non-hydrogen) atoms. The number of carbonyl (C=O) groups is 1. The maximum atomic E-state index is 12.2. The Balaban J connectivity index is 2.99. The lowest BCUT2D eigenvalue weighted by Gasteiger charge is -2.19.